The van der Waals surface area contributed by atoms with Crippen LogP contribution in [0.5, 0.6) is 5.75 Å². The first-order valence-corrected chi connectivity index (χ1v) is 5.19. The molecule has 1 aromatic carbocycles. The van der Waals surface area contributed by atoms with Crippen LogP contribution in [0.15, 0.2) is 18.2 Å². The lowest BCUT2D eigenvalue weighted by molar-refractivity contribution is -0.118. The second-order valence-corrected chi connectivity index (χ2v) is 4.90. The summed E-state index contributed by atoms with van der Waals surface area (Å²) >= 11 is 0. The zero-order valence-corrected chi connectivity index (χ0v) is 9.25. The van der Waals surface area contributed by atoms with E-state index in [-0.39, 0.29) is 17.2 Å². The first kappa shape index (κ1) is 10.9. The molecule has 1 aliphatic carbocycles. The third-order valence-electron chi connectivity index (χ3n) is 3.05. The summed E-state index contributed by atoms with van der Waals surface area (Å²) in [6, 6.07) is 3.82. The molecule has 0 saturated heterocycles. The van der Waals surface area contributed by atoms with Crippen molar-refractivity contribution in [3.63, 3.8) is 0 Å². The SMILES string of the molecule is CC1(C)CC1C(=O)Nc1ccc(O)c(F)c1. The minimum atomic E-state index is -0.729. The molecule has 1 aliphatic rings. The number of nitrogens with one attached hydrogen (secondary N) is 1. The van der Waals surface area contributed by atoms with Gasteiger partial charge in [0, 0.05) is 17.7 Å². The van der Waals surface area contributed by atoms with Gasteiger partial charge in [0.05, 0.1) is 0 Å². The number of anilines is 1. The van der Waals surface area contributed by atoms with Crippen molar-refractivity contribution in [2.45, 2.75) is 20.3 Å². The summed E-state index contributed by atoms with van der Waals surface area (Å²) in [5.74, 6) is -1.22. The molecule has 16 heavy (non-hydrogen) atoms. The molecule has 1 aromatic rings. The Morgan fingerprint density at radius 3 is 2.69 bits per heavy atom. The molecule has 4 heteroatoms. The van der Waals surface area contributed by atoms with Crippen molar-refractivity contribution in [1.82, 2.24) is 0 Å². The molecule has 2 rings (SSSR count). The van der Waals surface area contributed by atoms with Crippen LogP contribution in [-0.2, 0) is 4.79 Å². The fourth-order valence-electron chi connectivity index (χ4n) is 1.73. The van der Waals surface area contributed by atoms with Crippen LogP contribution in [0, 0.1) is 17.2 Å². The maximum atomic E-state index is 13.0. The van der Waals surface area contributed by atoms with Gasteiger partial charge in [-0.05, 0) is 24.0 Å². The number of carbonyl (C=O) groups is 1. The zero-order chi connectivity index (χ0) is 11.9. The Morgan fingerprint density at radius 2 is 2.19 bits per heavy atom. The second-order valence-electron chi connectivity index (χ2n) is 4.90. The molecular weight excluding hydrogens is 209 g/mol. The minimum absolute atomic E-state index is 0.00404. The molecule has 0 spiro atoms. The monoisotopic (exact) mass is 223 g/mol. The number of phenolic OH excluding ortho intramolecular Hbond substituents is 1. The molecule has 1 amide bonds. The lowest BCUT2D eigenvalue weighted by Crippen LogP contribution is -2.16. The van der Waals surface area contributed by atoms with Gasteiger partial charge >= 0.3 is 0 Å². The molecular formula is C12H14FNO2. The van der Waals surface area contributed by atoms with Crippen LogP contribution in [0.1, 0.15) is 20.3 Å². The largest absolute Gasteiger partial charge is 0.505 e. The predicted octanol–water partition coefficient (Wildman–Crippen LogP) is 2.52. The topological polar surface area (TPSA) is 49.3 Å². The Morgan fingerprint density at radius 1 is 1.56 bits per heavy atom. The van der Waals surface area contributed by atoms with E-state index in [0.717, 1.165) is 12.5 Å². The van der Waals surface area contributed by atoms with Gasteiger partial charge < -0.3 is 10.4 Å². The average Bonchev–Trinajstić information content (AvgIpc) is 2.82. The molecule has 0 aliphatic heterocycles. The van der Waals surface area contributed by atoms with Gasteiger partial charge in [-0.15, -0.1) is 0 Å². The van der Waals surface area contributed by atoms with E-state index in [9.17, 15) is 9.18 Å². The number of benzene rings is 1. The fourth-order valence-corrected chi connectivity index (χ4v) is 1.73. The van der Waals surface area contributed by atoms with Crippen LogP contribution in [0.25, 0.3) is 0 Å². The number of amides is 1. The zero-order valence-electron chi connectivity index (χ0n) is 9.25. The number of phenols is 1. The number of rotatable bonds is 2. The van der Waals surface area contributed by atoms with Crippen molar-refractivity contribution in [2.24, 2.45) is 11.3 Å². The minimum Gasteiger partial charge on any atom is -0.505 e. The summed E-state index contributed by atoms with van der Waals surface area (Å²) in [5, 5.41) is 11.6. The maximum absolute atomic E-state index is 13.0. The predicted molar refractivity (Wildman–Crippen MR) is 58.6 cm³/mol. The summed E-state index contributed by atoms with van der Waals surface area (Å²) < 4.78 is 13.0. The Kier molecular flexibility index (Phi) is 2.37. The summed E-state index contributed by atoms with van der Waals surface area (Å²) in [4.78, 5) is 11.7. The van der Waals surface area contributed by atoms with Crippen LogP contribution in [0.2, 0.25) is 0 Å². The summed E-state index contributed by atoms with van der Waals surface area (Å²) in [6.45, 7) is 4.04. The Labute approximate surface area is 93.3 Å². The first-order valence-electron chi connectivity index (χ1n) is 5.19. The second kappa shape index (κ2) is 3.47. The Bertz CT molecular complexity index is 443. The molecule has 2 N–H and O–H groups in total. The van der Waals surface area contributed by atoms with Crippen LogP contribution in [0.3, 0.4) is 0 Å². The molecule has 1 atom stereocenters. The highest BCUT2D eigenvalue weighted by molar-refractivity contribution is 5.95. The van der Waals surface area contributed by atoms with E-state index in [1.165, 1.54) is 12.1 Å². The summed E-state index contributed by atoms with van der Waals surface area (Å²) in [5.41, 5.74) is 0.433. The van der Waals surface area contributed by atoms with Gasteiger partial charge in [-0.1, -0.05) is 13.8 Å². The summed E-state index contributed by atoms with van der Waals surface area (Å²) in [6.07, 6.45) is 0.861. The lowest BCUT2D eigenvalue weighted by atomic mass is 10.1. The quantitative estimate of drug-likeness (QED) is 0.757. The van der Waals surface area contributed by atoms with Crippen molar-refractivity contribution in [3.05, 3.63) is 24.0 Å². The van der Waals surface area contributed by atoms with Crippen molar-refractivity contribution >= 4 is 11.6 Å². The molecule has 86 valence electrons. The standard InChI is InChI=1S/C12H14FNO2/c1-12(2)6-8(12)11(16)14-7-3-4-10(15)9(13)5-7/h3-5,8,15H,6H2,1-2H3,(H,14,16). The third-order valence-corrected chi connectivity index (χ3v) is 3.05. The lowest BCUT2D eigenvalue weighted by Gasteiger charge is -2.06. The summed E-state index contributed by atoms with van der Waals surface area (Å²) in [7, 11) is 0. The number of hydrogen-bond acceptors (Lipinski definition) is 2. The Balaban J connectivity index is 2.05. The maximum Gasteiger partial charge on any atom is 0.228 e. The number of hydrogen-bond donors (Lipinski definition) is 2. The van der Waals surface area contributed by atoms with Crippen molar-refractivity contribution in [3.8, 4) is 5.75 Å². The highest BCUT2D eigenvalue weighted by atomic mass is 19.1. The number of carbonyl (C=O) groups excluding carboxylic acids is 1. The van der Waals surface area contributed by atoms with Crippen LogP contribution < -0.4 is 5.32 Å². The molecule has 1 saturated carbocycles. The van der Waals surface area contributed by atoms with Crippen LogP contribution >= 0.6 is 0 Å². The van der Waals surface area contributed by atoms with Crippen LogP contribution in [-0.4, -0.2) is 11.0 Å². The van der Waals surface area contributed by atoms with Gasteiger partial charge in [0.15, 0.2) is 11.6 Å². The van der Waals surface area contributed by atoms with Crippen molar-refractivity contribution in [2.75, 3.05) is 5.32 Å². The highest BCUT2D eigenvalue weighted by Gasteiger charge is 2.50. The van der Waals surface area contributed by atoms with E-state index in [4.69, 9.17) is 5.11 Å². The molecule has 0 bridgehead atoms. The third kappa shape index (κ3) is 2.01. The van der Waals surface area contributed by atoms with Crippen LogP contribution in [0.4, 0.5) is 10.1 Å². The van der Waals surface area contributed by atoms with E-state index < -0.39 is 11.6 Å². The average molecular weight is 223 g/mol. The number of halogens is 1. The first-order chi connectivity index (χ1) is 7.40. The van der Waals surface area contributed by atoms with Gasteiger partial charge in [-0.3, -0.25) is 4.79 Å². The van der Waals surface area contributed by atoms with E-state index >= 15 is 0 Å². The molecule has 3 nitrogen and oxygen atoms in total. The van der Waals surface area contributed by atoms with Gasteiger partial charge in [-0.25, -0.2) is 4.39 Å². The van der Waals surface area contributed by atoms with E-state index in [2.05, 4.69) is 5.32 Å². The van der Waals surface area contributed by atoms with Gasteiger partial charge in [0.25, 0.3) is 0 Å². The molecule has 1 fully saturated rings. The van der Waals surface area contributed by atoms with E-state index in [0.29, 0.717) is 5.69 Å². The molecule has 0 heterocycles. The van der Waals surface area contributed by atoms with Crippen molar-refractivity contribution in [1.29, 1.82) is 0 Å². The van der Waals surface area contributed by atoms with Gasteiger partial charge in [0.1, 0.15) is 0 Å². The molecule has 0 radical (unpaired) electrons. The van der Waals surface area contributed by atoms with E-state index in [1.54, 1.807) is 0 Å². The Hall–Kier alpha value is -1.58. The molecule has 1 unspecified atom stereocenters. The fraction of sp³-hybridized carbons (Fsp3) is 0.417. The van der Waals surface area contributed by atoms with Gasteiger partial charge in [-0.2, -0.15) is 0 Å². The van der Waals surface area contributed by atoms with Crippen molar-refractivity contribution < 1.29 is 14.3 Å². The normalized spacial score (nSPS) is 21.6. The number of aromatic hydroxyl groups is 1. The highest BCUT2D eigenvalue weighted by Crippen LogP contribution is 2.51. The molecule has 0 aromatic heterocycles. The smallest absolute Gasteiger partial charge is 0.228 e. The van der Waals surface area contributed by atoms with Gasteiger partial charge in [0.2, 0.25) is 5.91 Å². The van der Waals surface area contributed by atoms with E-state index in [1.807, 2.05) is 13.8 Å².